The van der Waals surface area contributed by atoms with Gasteiger partial charge in [-0.25, -0.2) is 0 Å². The molecule has 1 fully saturated rings. The van der Waals surface area contributed by atoms with Crippen LogP contribution in [0.2, 0.25) is 0 Å². The van der Waals surface area contributed by atoms with Crippen molar-refractivity contribution in [3.63, 3.8) is 0 Å². The fourth-order valence-electron chi connectivity index (χ4n) is 2.67. The van der Waals surface area contributed by atoms with E-state index in [0.717, 1.165) is 25.7 Å². The maximum Gasteiger partial charge on any atom is 0.227 e. The van der Waals surface area contributed by atoms with Crippen LogP contribution in [0.3, 0.4) is 0 Å². The van der Waals surface area contributed by atoms with Gasteiger partial charge >= 0.3 is 0 Å². The van der Waals surface area contributed by atoms with Crippen LogP contribution in [0.1, 0.15) is 41.0 Å². The lowest BCUT2D eigenvalue weighted by atomic mass is 9.85. The molecule has 1 aromatic heterocycles. The molecule has 0 bridgehead atoms. The van der Waals surface area contributed by atoms with Gasteiger partial charge in [-0.2, -0.15) is 0 Å². The fraction of sp³-hybridized carbons (Fsp3) is 0.643. The van der Waals surface area contributed by atoms with E-state index in [-0.39, 0.29) is 11.3 Å². The van der Waals surface area contributed by atoms with E-state index in [9.17, 15) is 4.79 Å². The topological polar surface area (TPSA) is 55.1 Å². The third kappa shape index (κ3) is 2.59. The maximum atomic E-state index is 12.3. The zero-order valence-corrected chi connectivity index (χ0v) is 12.0. The molecule has 1 aromatic rings. The summed E-state index contributed by atoms with van der Waals surface area (Å²) >= 11 is 1.76. The average Bonchev–Trinajstić information content (AvgIpc) is 2.95. The molecule has 3 N–H and O–H groups in total. The van der Waals surface area contributed by atoms with Gasteiger partial charge in [0.05, 0.1) is 12.0 Å². The van der Waals surface area contributed by atoms with Crippen molar-refractivity contribution in [1.82, 2.24) is 5.32 Å². The molecular formula is C14H22N2OS. The first-order chi connectivity index (χ1) is 8.57. The van der Waals surface area contributed by atoms with Crippen molar-refractivity contribution in [2.45, 2.75) is 46.1 Å². The first kappa shape index (κ1) is 13.6. The van der Waals surface area contributed by atoms with Gasteiger partial charge in [-0.3, -0.25) is 4.79 Å². The van der Waals surface area contributed by atoms with Gasteiger partial charge in [-0.1, -0.05) is 12.8 Å². The number of carbonyl (C=O) groups excluding carboxylic acids is 1. The van der Waals surface area contributed by atoms with Crippen LogP contribution >= 0.6 is 11.3 Å². The Morgan fingerprint density at radius 1 is 1.44 bits per heavy atom. The maximum absolute atomic E-state index is 12.3. The lowest BCUT2D eigenvalue weighted by Gasteiger charge is -2.25. The minimum Gasteiger partial charge on any atom is -0.351 e. The highest BCUT2D eigenvalue weighted by molar-refractivity contribution is 7.12. The van der Waals surface area contributed by atoms with E-state index in [4.69, 9.17) is 5.73 Å². The Balaban J connectivity index is 1.95. The van der Waals surface area contributed by atoms with Gasteiger partial charge in [-0.05, 0) is 38.3 Å². The Hall–Kier alpha value is -0.870. The first-order valence-electron chi connectivity index (χ1n) is 6.62. The van der Waals surface area contributed by atoms with Crippen molar-refractivity contribution >= 4 is 17.2 Å². The third-order valence-corrected chi connectivity index (χ3v) is 5.23. The average molecular weight is 266 g/mol. The summed E-state index contributed by atoms with van der Waals surface area (Å²) in [7, 11) is 0. The van der Waals surface area contributed by atoms with Crippen molar-refractivity contribution in [3.05, 3.63) is 21.4 Å². The summed E-state index contributed by atoms with van der Waals surface area (Å²) in [4.78, 5) is 14.8. The highest BCUT2D eigenvalue weighted by Crippen LogP contribution is 2.37. The second-order valence-corrected chi connectivity index (χ2v) is 6.67. The Morgan fingerprint density at radius 2 is 2.11 bits per heavy atom. The third-order valence-electron chi connectivity index (χ3n) is 4.07. The van der Waals surface area contributed by atoms with Crippen LogP contribution in [0, 0.1) is 19.3 Å². The van der Waals surface area contributed by atoms with Crippen molar-refractivity contribution in [3.8, 4) is 0 Å². The predicted octanol–water partition coefficient (Wildman–Crippen LogP) is 2.50. The van der Waals surface area contributed by atoms with Crippen LogP contribution < -0.4 is 11.1 Å². The van der Waals surface area contributed by atoms with Crippen molar-refractivity contribution in [2.24, 2.45) is 11.1 Å². The molecule has 18 heavy (non-hydrogen) atoms. The predicted molar refractivity (Wildman–Crippen MR) is 75.6 cm³/mol. The quantitative estimate of drug-likeness (QED) is 0.879. The summed E-state index contributed by atoms with van der Waals surface area (Å²) in [6.45, 7) is 5.33. The summed E-state index contributed by atoms with van der Waals surface area (Å²) in [5, 5.41) is 3.06. The SMILES string of the molecule is Cc1cc(CNC(=O)C2(CN)CCCC2)sc1C. The molecule has 3 nitrogen and oxygen atoms in total. The van der Waals surface area contributed by atoms with Crippen LogP contribution in [0.25, 0.3) is 0 Å². The molecular weight excluding hydrogens is 244 g/mol. The number of nitrogens with one attached hydrogen (secondary N) is 1. The number of aryl methyl sites for hydroxylation is 2. The molecule has 1 amide bonds. The van der Waals surface area contributed by atoms with E-state index in [1.54, 1.807) is 11.3 Å². The van der Waals surface area contributed by atoms with Crippen LogP contribution in [0.5, 0.6) is 0 Å². The molecule has 4 heteroatoms. The lowest BCUT2D eigenvalue weighted by molar-refractivity contribution is -0.130. The molecule has 2 rings (SSSR count). The fourth-order valence-corrected chi connectivity index (χ4v) is 3.66. The van der Waals surface area contributed by atoms with E-state index in [1.165, 1.54) is 15.3 Å². The van der Waals surface area contributed by atoms with Crippen LogP contribution in [0.4, 0.5) is 0 Å². The van der Waals surface area contributed by atoms with Gasteiger partial charge in [0.25, 0.3) is 0 Å². The van der Waals surface area contributed by atoms with E-state index in [0.29, 0.717) is 13.1 Å². The minimum absolute atomic E-state index is 0.145. The number of carbonyl (C=O) groups is 1. The molecule has 0 unspecified atom stereocenters. The molecule has 0 saturated heterocycles. The monoisotopic (exact) mass is 266 g/mol. The van der Waals surface area contributed by atoms with Crippen molar-refractivity contribution in [2.75, 3.05) is 6.54 Å². The van der Waals surface area contributed by atoms with Crippen molar-refractivity contribution in [1.29, 1.82) is 0 Å². The van der Waals surface area contributed by atoms with Gasteiger partial charge in [-0.15, -0.1) is 11.3 Å². The highest BCUT2D eigenvalue weighted by Gasteiger charge is 2.39. The summed E-state index contributed by atoms with van der Waals surface area (Å²) in [6.07, 6.45) is 4.14. The van der Waals surface area contributed by atoms with Crippen LogP contribution in [-0.2, 0) is 11.3 Å². The van der Waals surface area contributed by atoms with Crippen LogP contribution in [0.15, 0.2) is 6.07 Å². The second-order valence-electron chi connectivity index (χ2n) is 5.33. The van der Waals surface area contributed by atoms with Gasteiger partial charge in [0.2, 0.25) is 5.91 Å². The molecule has 0 spiro atoms. The summed E-state index contributed by atoms with van der Waals surface area (Å²) in [5.74, 6) is 0.145. The number of hydrogen-bond donors (Lipinski definition) is 2. The molecule has 1 aliphatic carbocycles. The highest BCUT2D eigenvalue weighted by atomic mass is 32.1. The normalized spacial score (nSPS) is 17.9. The molecule has 1 saturated carbocycles. The van der Waals surface area contributed by atoms with Crippen LogP contribution in [-0.4, -0.2) is 12.5 Å². The Morgan fingerprint density at radius 3 is 2.61 bits per heavy atom. The molecule has 1 aliphatic rings. The molecule has 0 radical (unpaired) electrons. The van der Waals surface area contributed by atoms with E-state index in [1.807, 2.05) is 0 Å². The largest absolute Gasteiger partial charge is 0.351 e. The molecule has 0 aromatic carbocycles. The van der Waals surface area contributed by atoms with Gasteiger partial charge < -0.3 is 11.1 Å². The number of nitrogens with two attached hydrogens (primary N) is 1. The molecule has 100 valence electrons. The van der Waals surface area contributed by atoms with E-state index < -0.39 is 0 Å². The van der Waals surface area contributed by atoms with Gasteiger partial charge in [0.1, 0.15) is 0 Å². The number of hydrogen-bond acceptors (Lipinski definition) is 3. The van der Waals surface area contributed by atoms with Gasteiger partial charge in [0, 0.05) is 16.3 Å². The summed E-state index contributed by atoms with van der Waals surface area (Å²) in [5.41, 5.74) is 6.82. The summed E-state index contributed by atoms with van der Waals surface area (Å²) < 4.78 is 0. The van der Waals surface area contributed by atoms with Gasteiger partial charge in [0.15, 0.2) is 0 Å². The first-order valence-corrected chi connectivity index (χ1v) is 7.43. The Labute approximate surface area is 113 Å². The Bertz CT molecular complexity index is 414. The number of thiophene rings is 1. The smallest absolute Gasteiger partial charge is 0.227 e. The zero-order chi connectivity index (χ0) is 13.2. The van der Waals surface area contributed by atoms with E-state index >= 15 is 0 Å². The minimum atomic E-state index is -0.290. The second kappa shape index (κ2) is 5.41. The molecule has 0 atom stereocenters. The molecule has 0 aliphatic heterocycles. The number of rotatable bonds is 4. The number of amides is 1. The Kier molecular flexibility index (Phi) is 4.07. The lowest BCUT2D eigenvalue weighted by Crippen LogP contribution is -2.43. The zero-order valence-electron chi connectivity index (χ0n) is 11.2. The van der Waals surface area contributed by atoms with Crippen molar-refractivity contribution < 1.29 is 4.79 Å². The van der Waals surface area contributed by atoms with E-state index in [2.05, 4.69) is 25.2 Å². The summed E-state index contributed by atoms with van der Waals surface area (Å²) in [6, 6.07) is 2.16. The standard InChI is InChI=1S/C14H22N2OS/c1-10-7-12(18-11(10)2)8-16-13(17)14(9-15)5-3-4-6-14/h7H,3-6,8-9,15H2,1-2H3,(H,16,17). The molecule has 1 heterocycles.